The summed E-state index contributed by atoms with van der Waals surface area (Å²) in [7, 11) is 0. The molecule has 0 spiro atoms. The van der Waals surface area contributed by atoms with Crippen molar-refractivity contribution in [2.75, 3.05) is 0 Å². The third-order valence-electron chi connectivity index (χ3n) is 0. The molecule has 0 nitrogen and oxygen atoms in total. The fourth-order valence-electron chi connectivity index (χ4n) is 0. The number of rotatable bonds is 0. The monoisotopic (exact) mass is 192 g/mol. The van der Waals surface area contributed by atoms with E-state index in [9.17, 15) is 0 Å². The summed E-state index contributed by atoms with van der Waals surface area (Å²) in [6.07, 6.45) is 2.50. The molecule has 1 heteroatoms. The second-order valence-corrected chi connectivity index (χ2v) is 1.41. The van der Waals surface area contributed by atoms with Gasteiger partial charge in [-0.2, -0.15) is 0 Å². The molecule has 11 heavy (non-hydrogen) atoms. The van der Waals surface area contributed by atoms with Crippen LogP contribution >= 0.6 is 0 Å². The minimum atomic E-state index is 0. The van der Waals surface area contributed by atoms with Crippen LogP contribution in [0.3, 0.4) is 0 Å². The van der Waals surface area contributed by atoms with Crippen molar-refractivity contribution in [3.8, 4) is 0 Å². The van der Waals surface area contributed by atoms with E-state index in [0.29, 0.717) is 0 Å². The minimum absolute atomic E-state index is 0. The first-order valence-electron chi connectivity index (χ1n) is 2.83. The molecule has 0 aliphatic rings. The van der Waals surface area contributed by atoms with E-state index in [1.165, 1.54) is 12.8 Å². The molecule has 0 amide bonds. The molecule has 0 aromatic rings. The van der Waals surface area contributed by atoms with Crippen LogP contribution < -0.4 is 0 Å². The van der Waals surface area contributed by atoms with E-state index in [1.807, 2.05) is 0 Å². The topological polar surface area (TPSA) is 0 Å². The summed E-state index contributed by atoms with van der Waals surface area (Å²) in [5.74, 6) is 0. The predicted molar refractivity (Wildman–Crippen MR) is 58.9 cm³/mol. The van der Waals surface area contributed by atoms with Crippen molar-refractivity contribution in [3.63, 3.8) is 0 Å². The van der Waals surface area contributed by atoms with E-state index in [2.05, 4.69) is 27.7 Å². The summed E-state index contributed by atoms with van der Waals surface area (Å²) in [6.45, 7) is 8.50. The van der Waals surface area contributed by atoms with Gasteiger partial charge < -0.3 is 0 Å². The van der Waals surface area contributed by atoms with Gasteiger partial charge in [0.2, 0.25) is 0 Å². The normalized spacial score (nSPS) is 3.27. The molecule has 0 N–H and O–H groups in total. The van der Waals surface area contributed by atoms with Gasteiger partial charge in [0.25, 0.3) is 0 Å². The Kier molecular flexibility index (Phi) is 570. The van der Waals surface area contributed by atoms with Gasteiger partial charge >= 0.3 is 0 Å². The van der Waals surface area contributed by atoms with Crippen molar-refractivity contribution in [2.45, 2.75) is 70.2 Å². The Morgan fingerprint density at radius 3 is 0.545 bits per heavy atom. The fourth-order valence-corrected chi connectivity index (χ4v) is 0. The zero-order chi connectivity index (χ0) is 5.41. The fraction of sp³-hybridized carbons (Fsp3) is 1.00. The first-order valence-corrected chi connectivity index (χ1v) is 2.83. The molecule has 0 aliphatic carbocycles. The molecular formula is C10H32Ar. The van der Waals surface area contributed by atoms with E-state index >= 15 is 0 Å². The maximum atomic E-state index is 2.12. The van der Waals surface area contributed by atoms with Crippen molar-refractivity contribution in [3.05, 3.63) is 0 Å². The molecule has 0 bridgehead atoms. The van der Waals surface area contributed by atoms with Crippen LogP contribution in [-0.2, 0) is 0 Å². The van der Waals surface area contributed by atoms with Gasteiger partial charge in [-0.3, -0.25) is 0 Å². The van der Waals surface area contributed by atoms with Crippen LogP contribution in [0.1, 0.15) is 70.2 Å². The quantitative estimate of drug-likeness (QED) is 0.483. The van der Waals surface area contributed by atoms with E-state index in [1.54, 1.807) is 0 Å². The summed E-state index contributed by atoms with van der Waals surface area (Å²) in [6, 6.07) is 0. The summed E-state index contributed by atoms with van der Waals surface area (Å²) < 4.78 is 0. The molecule has 0 aromatic carbocycles. The van der Waals surface area contributed by atoms with E-state index in [0.717, 1.165) is 0 Å². The molecule has 0 saturated heterocycles. The van der Waals surface area contributed by atoms with Gasteiger partial charge in [0.15, 0.2) is 0 Å². The standard InChI is InChI=1S/2C3H8.4CH4.Ar/c2*1-3-2;;;;;/h2*3H2,1-2H3;4*1H4;. The van der Waals surface area contributed by atoms with Gasteiger partial charge in [-0.05, 0) is 0 Å². The van der Waals surface area contributed by atoms with Gasteiger partial charge in [0.05, 0.1) is 0 Å². The Labute approximate surface area is 107 Å². The SMILES string of the molecule is C.C.C.C.CCC.CCC.[Ar]. The Balaban J connectivity index is -0.00000000400. The van der Waals surface area contributed by atoms with Crippen molar-refractivity contribution in [2.24, 2.45) is 0 Å². The van der Waals surface area contributed by atoms with Crippen molar-refractivity contribution in [1.29, 1.82) is 0 Å². The third kappa shape index (κ3) is 608. The second kappa shape index (κ2) is 112. The van der Waals surface area contributed by atoms with Gasteiger partial charge in [-0.25, -0.2) is 0 Å². The van der Waals surface area contributed by atoms with Gasteiger partial charge in [-0.1, -0.05) is 70.2 Å². The van der Waals surface area contributed by atoms with E-state index < -0.39 is 0 Å². The van der Waals surface area contributed by atoms with Crippen LogP contribution in [0.2, 0.25) is 0 Å². The average Bonchev–Trinajstić information content (AvgIpc) is 1.39. The zero-order valence-corrected chi connectivity index (χ0v) is 6.47. The third-order valence-corrected chi connectivity index (χ3v) is 0. The zero-order valence-electron chi connectivity index (χ0n) is 5.77. The first-order chi connectivity index (χ1) is 2.83. The average molecular weight is 192 g/mol. The van der Waals surface area contributed by atoms with E-state index in [-0.39, 0.29) is 67.4 Å². The maximum absolute atomic E-state index is 2.12. The summed E-state index contributed by atoms with van der Waals surface area (Å²) in [4.78, 5) is 0. The van der Waals surface area contributed by atoms with Crippen LogP contribution in [0, 0.1) is 37.7 Å². The van der Waals surface area contributed by atoms with Crippen LogP contribution in [0.4, 0.5) is 0 Å². The first kappa shape index (κ1) is 56.2. The molecule has 80 valence electrons. The molecule has 0 unspecified atom stereocenters. The van der Waals surface area contributed by atoms with E-state index in [4.69, 9.17) is 0 Å². The number of hydrogen-bond acceptors (Lipinski definition) is 0. The molecule has 0 heterocycles. The smallest absolute Gasteiger partial charge is 0 e. The van der Waals surface area contributed by atoms with Gasteiger partial charge in [-0.15, -0.1) is 0 Å². The van der Waals surface area contributed by atoms with Gasteiger partial charge in [0.1, 0.15) is 0 Å². The van der Waals surface area contributed by atoms with Crippen LogP contribution in [0.15, 0.2) is 0 Å². The molecule has 0 saturated carbocycles. The molecule has 0 fully saturated rings. The van der Waals surface area contributed by atoms with Crippen LogP contribution in [0.5, 0.6) is 0 Å². The predicted octanol–water partition coefficient (Wildman–Crippen LogP) is 5.38. The van der Waals surface area contributed by atoms with Crippen molar-refractivity contribution < 1.29 is 37.7 Å². The second-order valence-electron chi connectivity index (χ2n) is 1.41. The Morgan fingerprint density at radius 1 is 0.545 bits per heavy atom. The molecule has 0 aliphatic heterocycles. The Hall–Kier alpha value is 1.26. The molecule has 0 radical (unpaired) electrons. The van der Waals surface area contributed by atoms with Crippen LogP contribution in [-0.4, -0.2) is 0 Å². The molecule has 0 aromatic heterocycles. The Bertz CT molecular complexity index is 6.83. The van der Waals surface area contributed by atoms with Crippen molar-refractivity contribution >= 4 is 0 Å². The summed E-state index contributed by atoms with van der Waals surface area (Å²) in [5, 5.41) is 0. The largest absolute Gasteiger partial charge is 0.0776 e. The maximum Gasteiger partial charge on any atom is 0 e. The molecular weight excluding hydrogens is 160 g/mol. The van der Waals surface area contributed by atoms with Crippen LogP contribution in [0.25, 0.3) is 0 Å². The Morgan fingerprint density at radius 2 is 0.545 bits per heavy atom. The minimum Gasteiger partial charge on any atom is -0.0776 e. The molecule has 0 rings (SSSR count). The summed E-state index contributed by atoms with van der Waals surface area (Å²) >= 11 is 0. The molecule has 0 atom stereocenters. The van der Waals surface area contributed by atoms with Crippen molar-refractivity contribution in [1.82, 2.24) is 0 Å². The van der Waals surface area contributed by atoms with Gasteiger partial charge in [0, 0.05) is 37.7 Å². The number of hydrogen-bond donors (Lipinski definition) is 0. The summed E-state index contributed by atoms with van der Waals surface area (Å²) in [5.41, 5.74) is 0.